The van der Waals surface area contributed by atoms with Crippen molar-refractivity contribution >= 4 is 11.9 Å². The molecule has 6 heteroatoms. The molecule has 3 N–H and O–H groups in total. The number of carbonyl (C=O) groups excluding carboxylic acids is 2. The smallest absolute Gasteiger partial charge is 0.305 e. The first kappa shape index (κ1) is 76.3. The zero-order chi connectivity index (χ0) is 56.4. The van der Waals surface area contributed by atoms with Crippen LogP contribution in [0.2, 0.25) is 0 Å². The quantitative estimate of drug-likeness (QED) is 0.0320. The molecule has 0 bridgehead atoms. The zero-order valence-corrected chi connectivity index (χ0v) is 52.9. The molecule has 0 aliphatic heterocycles. The first-order chi connectivity index (χ1) is 38.5. The van der Waals surface area contributed by atoms with Gasteiger partial charge in [0.05, 0.1) is 25.4 Å². The molecular weight excluding hydrogens is 959 g/mol. The predicted octanol–water partition coefficient (Wildman–Crippen LogP) is 22.9. The minimum atomic E-state index is -0.842. The van der Waals surface area contributed by atoms with E-state index in [0.29, 0.717) is 19.4 Å². The summed E-state index contributed by atoms with van der Waals surface area (Å²) in [7, 11) is 0. The van der Waals surface area contributed by atoms with Gasteiger partial charge in [-0.25, -0.2) is 0 Å². The third-order valence-corrected chi connectivity index (χ3v) is 16.7. The largest absolute Gasteiger partial charge is 0.466 e. The number of hydrogen-bond acceptors (Lipinski definition) is 5. The lowest BCUT2D eigenvalue weighted by Gasteiger charge is -2.20. The highest BCUT2D eigenvalue weighted by atomic mass is 16.5. The summed E-state index contributed by atoms with van der Waals surface area (Å²) in [4.78, 5) is 24.5. The van der Waals surface area contributed by atoms with E-state index >= 15 is 0 Å². The van der Waals surface area contributed by atoms with Gasteiger partial charge in [0, 0.05) is 12.8 Å². The van der Waals surface area contributed by atoms with E-state index in [1.165, 1.54) is 334 Å². The average molecular weight is 1100 g/mol. The van der Waals surface area contributed by atoms with Gasteiger partial charge in [0.2, 0.25) is 5.91 Å². The van der Waals surface area contributed by atoms with Crippen LogP contribution in [0.3, 0.4) is 0 Å². The van der Waals surface area contributed by atoms with Crippen molar-refractivity contribution < 1.29 is 24.5 Å². The van der Waals surface area contributed by atoms with E-state index in [1.54, 1.807) is 6.08 Å². The molecule has 0 heterocycles. The van der Waals surface area contributed by atoms with Crippen molar-refractivity contribution in [3.63, 3.8) is 0 Å². The van der Waals surface area contributed by atoms with Gasteiger partial charge in [-0.3, -0.25) is 9.59 Å². The van der Waals surface area contributed by atoms with Crippen molar-refractivity contribution in [3.8, 4) is 0 Å². The number of ether oxygens (including phenoxy) is 1. The second-order valence-electron chi connectivity index (χ2n) is 24.6. The molecule has 0 aliphatic rings. The molecule has 0 radical (unpaired) electrons. The monoisotopic (exact) mass is 1100 g/mol. The van der Waals surface area contributed by atoms with Gasteiger partial charge in [-0.05, 0) is 57.8 Å². The maximum atomic E-state index is 12.5. The Morgan fingerprint density at radius 2 is 0.603 bits per heavy atom. The number of allylic oxidation sites excluding steroid dienone is 3. The minimum absolute atomic E-state index is 0.0205. The second kappa shape index (κ2) is 67.8. The Morgan fingerprint density at radius 1 is 0.346 bits per heavy atom. The van der Waals surface area contributed by atoms with Crippen molar-refractivity contribution in [2.45, 2.75) is 411 Å². The number of rotatable bonds is 67. The molecule has 0 aromatic rings. The average Bonchev–Trinajstić information content (AvgIpc) is 3.44. The molecule has 1 amide bonds. The number of aliphatic hydroxyl groups is 2. The van der Waals surface area contributed by atoms with E-state index in [-0.39, 0.29) is 18.5 Å². The number of aliphatic hydroxyl groups excluding tert-OH is 2. The van der Waals surface area contributed by atoms with Crippen LogP contribution in [0.25, 0.3) is 0 Å². The lowest BCUT2D eigenvalue weighted by atomic mass is 10.0. The van der Waals surface area contributed by atoms with Gasteiger partial charge in [0.1, 0.15) is 0 Å². The lowest BCUT2D eigenvalue weighted by Crippen LogP contribution is -2.45. The predicted molar refractivity (Wildman–Crippen MR) is 343 cm³/mol. The number of amides is 1. The molecule has 0 rings (SSSR count). The van der Waals surface area contributed by atoms with Crippen molar-refractivity contribution in [1.29, 1.82) is 0 Å². The van der Waals surface area contributed by atoms with E-state index < -0.39 is 12.1 Å². The van der Waals surface area contributed by atoms with Gasteiger partial charge >= 0.3 is 5.97 Å². The number of carbonyl (C=O) groups is 2. The highest BCUT2D eigenvalue weighted by Gasteiger charge is 2.18. The molecule has 0 saturated heterocycles. The summed E-state index contributed by atoms with van der Waals surface area (Å²) < 4.78 is 5.49. The minimum Gasteiger partial charge on any atom is -0.466 e. The van der Waals surface area contributed by atoms with Gasteiger partial charge in [-0.1, -0.05) is 353 Å². The van der Waals surface area contributed by atoms with E-state index in [2.05, 4.69) is 31.3 Å². The standard InChI is InChI=1S/C72H139NO5/c1-3-5-7-9-11-13-15-17-37-41-44-48-52-56-60-64-70(75)69(68-74)73-71(76)65-61-57-53-49-45-42-38-35-33-31-29-27-25-23-21-19-18-20-22-24-26-28-30-32-34-36-39-43-47-51-55-59-63-67-78-72(77)66-62-58-54-50-46-40-16-14-12-10-8-6-4-2/h22,24,60,64,69-70,74-75H,3-21,23,25-59,61-63,65-68H2,1-2H3,(H,73,76)/b24-22-,64-60+. The molecule has 6 nitrogen and oxygen atoms in total. The molecule has 0 spiro atoms. The second-order valence-corrected chi connectivity index (χ2v) is 24.6. The van der Waals surface area contributed by atoms with E-state index in [1.807, 2.05) is 6.08 Å². The van der Waals surface area contributed by atoms with Gasteiger partial charge in [0.25, 0.3) is 0 Å². The first-order valence-corrected chi connectivity index (χ1v) is 35.6. The summed E-state index contributed by atoms with van der Waals surface area (Å²) in [5.74, 6) is -0.0418. The molecule has 0 aromatic carbocycles. The summed E-state index contributed by atoms with van der Waals surface area (Å²) in [5.41, 5.74) is 0. The summed E-state index contributed by atoms with van der Waals surface area (Å²) >= 11 is 0. The van der Waals surface area contributed by atoms with Crippen molar-refractivity contribution in [2.75, 3.05) is 13.2 Å². The number of hydrogen-bond donors (Lipinski definition) is 3. The SMILES string of the molecule is CCCCCCCCCCCCCCC/C=C/C(O)C(CO)NC(=O)CCCCCCCCCCCCCCCCCCC/C=C\CCCCCCCCCCCCCCOC(=O)CCCCCCCCCCCCCCC. The van der Waals surface area contributed by atoms with E-state index in [4.69, 9.17) is 4.74 Å². The van der Waals surface area contributed by atoms with Crippen LogP contribution in [0.4, 0.5) is 0 Å². The van der Waals surface area contributed by atoms with Crippen LogP contribution in [-0.4, -0.2) is 47.4 Å². The Bertz CT molecular complexity index is 1220. The highest BCUT2D eigenvalue weighted by Crippen LogP contribution is 2.19. The fourth-order valence-electron chi connectivity index (χ4n) is 11.3. The van der Waals surface area contributed by atoms with Gasteiger partial charge in [-0.2, -0.15) is 0 Å². The topological polar surface area (TPSA) is 95.9 Å². The van der Waals surface area contributed by atoms with Gasteiger partial charge in [-0.15, -0.1) is 0 Å². The Morgan fingerprint density at radius 3 is 0.910 bits per heavy atom. The zero-order valence-electron chi connectivity index (χ0n) is 52.9. The van der Waals surface area contributed by atoms with Crippen LogP contribution < -0.4 is 5.32 Å². The summed E-state index contributed by atoms with van der Waals surface area (Å²) in [6, 6.07) is -0.625. The lowest BCUT2D eigenvalue weighted by molar-refractivity contribution is -0.143. The van der Waals surface area contributed by atoms with Crippen LogP contribution in [-0.2, 0) is 14.3 Å². The summed E-state index contributed by atoms with van der Waals surface area (Å²) in [6.45, 7) is 4.94. The van der Waals surface area contributed by atoms with Crippen LogP contribution >= 0.6 is 0 Å². The Hall–Kier alpha value is -1.66. The first-order valence-electron chi connectivity index (χ1n) is 35.6. The molecule has 2 unspecified atom stereocenters. The van der Waals surface area contributed by atoms with Crippen LogP contribution in [0, 0.1) is 0 Å². The molecular formula is C72H139NO5. The third-order valence-electron chi connectivity index (χ3n) is 16.7. The Kier molecular flexibility index (Phi) is 66.4. The third kappa shape index (κ3) is 63.5. The van der Waals surface area contributed by atoms with Crippen molar-refractivity contribution in [1.82, 2.24) is 5.32 Å². The van der Waals surface area contributed by atoms with Crippen molar-refractivity contribution in [2.24, 2.45) is 0 Å². The van der Waals surface area contributed by atoms with Gasteiger partial charge < -0.3 is 20.3 Å². The number of esters is 1. The Labute approximate surface area is 488 Å². The van der Waals surface area contributed by atoms with E-state index in [0.717, 1.165) is 38.5 Å². The normalized spacial score (nSPS) is 12.6. The molecule has 0 aromatic heterocycles. The van der Waals surface area contributed by atoms with Crippen LogP contribution in [0.5, 0.6) is 0 Å². The summed E-state index contributed by atoms with van der Waals surface area (Å²) in [5, 5.41) is 23.2. The Balaban J connectivity index is 3.35. The molecule has 0 saturated carbocycles. The highest BCUT2D eigenvalue weighted by molar-refractivity contribution is 5.76. The summed E-state index contributed by atoms with van der Waals surface area (Å²) in [6.07, 6.45) is 85.5. The molecule has 0 fully saturated rings. The van der Waals surface area contributed by atoms with Crippen molar-refractivity contribution in [3.05, 3.63) is 24.3 Å². The fraction of sp³-hybridized carbons (Fsp3) is 0.917. The molecule has 2 atom stereocenters. The van der Waals surface area contributed by atoms with Crippen LogP contribution in [0.1, 0.15) is 399 Å². The van der Waals surface area contributed by atoms with E-state index in [9.17, 15) is 19.8 Å². The molecule has 0 aliphatic carbocycles. The number of nitrogens with one attached hydrogen (secondary N) is 1. The maximum Gasteiger partial charge on any atom is 0.305 e. The molecule has 462 valence electrons. The molecule has 78 heavy (non-hydrogen) atoms. The van der Waals surface area contributed by atoms with Crippen LogP contribution in [0.15, 0.2) is 24.3 Å². The fourth-order valence-corrected chi connectivity index (χ4v) is 11.3. The van der Waals surface area contributed by atoms with Gasteiger partial charge in [0.15, 0.2) is 0 Å². The maximum absolute atomic E-state index is 12.5. The number of unbranched alkanes of at least 4 members (excludes halogenated alkanes) is 54.